The van der Waals surface area contributed by atoms with E-state index >= 15 is 0 Å². The van der Waals surface area contributed by atoms with Gasteiger partial charge in [0.15, 0.2) is 0 Å². The number of aliphatic carboxylic acids is 1. The van der Waals surface area contributed by atoms with Gasteiger partial charge in [0.25, 0.3) is 0 Å². The van der Waals surface area contributed by atoms with Crippen molar-refractivity contribution in [3.05, 3.63) is 53.9 Å². The predicted molar refractivity (Wildman–Crippen MR) is 114 cm³/mol. The Balaban J connectivity index is 1.75. The summed E-state index contributed by atoms with van der Waals surface area (Å²) in [5.74, 6) is -1.61. The number of fused-ring (bicyclic) bond motifs is 3. The average Bonchev–Trinajstić information content (AvgIpc) is 3.32. The van der Waals surface area contributed by atoms with Gasteiger partial charge in [0.1, 0.15) is 17.2 Å². The molecule has 6 nitrogen and oxygen atoms in total. The molecule has 4 rings (SSSR count). The summed E-state index contributed by atoms with van der Waals surface area (Å²) in [6, 6.07) is 13.3. The second-order valence-corrected chi connectivity index (χ2v) is 9.79. The lowest BCUT2D eigenvalue weighted by molar-refractivity contribution is -0.140. The average molecular weight is 430 g/mol. The molecule has 0 aliphatic rings. The maximum atomic E-state index is 12.7. The van der Waals surface area contributed by atoms with Crippen LogP contribution in [0.4, 0.5) is 0 Å². The standard InChI is InChI=1S/C21H19NO5S2/c1-12(2)20(21(23)24)22-29(25,26)14-6-8-16-15-7-5-13(19-4-3-9-28-19)10-17(15)27-18(16)11-14/h3-12,20,22H,1-2H3,(H,23,24)/t20-/m0/s1. The molecule has 4 aromatic rings. The third-order valence-corrected chi connectivity index (χ3v) is 7.13. The van der Waals surface area contributed by atoms with Crippen molar-refractivity contribution in [2.24, 2.45) is 5.92 Å². The maximum Gasteiger partial charge on any atom is 0.322 e. The van der Waals surface area contributed by atoms with Crippen molar-refractivity contribution in [2.45, 2.75) is 24.8 Å². The molecule has 0 amide bonds. The van der Waals surface area contributed by atoms with Crippen molar-refractivity contribution in [1.29, 1.82) is 0 Å². The van der Waals surface area contributed by atoms with Crippen LogP contribution >= 0.6 is 11.3 Å². The molecule has 0 aliphatic carbocycles. The fourth-order valence-electron chi connectivity index (χ4n) is 3.23. The Morgan fingerprint density at radius 1 is 1.07 bits per heavy atom. The topological polar surface area (TPSA) is 96.6 Å². The SMILES string of the molecule is CC(C)[C@H](NS(=O)(=O)c1ccc2c(c1)oc1cc(-c3cccs3)ccc12)C(=O)O. The summed E-state index contributed by atoms with van der Waals surface area (Å²) in [5, 5.41) is 13.0. The molecule has 0 radical (unpaired) electrons. The van der Waals surface area contributed by atoms with Crippen LogP contribution < -0.4 is 4.72 Å². The third kappa shape index (κ3) is 3.66. The molecule has 0 spiro atoms. The normalized spacial score (nSPS) is 13.3. The first-order valence-electron chi connectivity index (χ1n) is 9.01. The summed E-state index contributed by atoms with van der Waals surface area (Å²) in [4.78, 5) is 12.5. The highest BCUT2D eigenvalue weighted by Gasteiger charge is 2.28. The molecular weight excluding hydrogens is 410 g/mol. The van der Waals surface area contributed by atoms with Gasteiger partial charge in [-0.25, -0.2) is 8.42 Å². The molecule has 0 bridgehead atoms. The first-order valence-corrected chi connectivity index (χ1v) is 11.4. The molecule has 0 saturated carbocycles. The molecule has 8 heteroatoms. The zero-order valence-electron chi connectivity index (χ0n) is 15.7. The Bertz CT molecular complexity index is 1300. The van der Waals surface area contributed by atoms with Gasteiger partial charge in [0.05, 0.1) is 4.90 Å². The van der Waals surface area contributed by atoms with Crippen LogP contribution in [0.1, 0.15) is 13.8 Å². The number of hydrogen-bond donors (Lipinski definition) is 2. The quantitative estimate of drug-likeness (QED) is 0.463. The Morgan fingerprint density at radius 3 is 2.38 bits per heavy atom. The Kier molecular flexibility index (Phi) is 4.94. The number of thiophene rings is 1. The van der Waals surface area contributed by atoms with Crippen LogP contribution in [0.5, 0.6) is 0 Å². The molecule has 2 N–H and O–H groups in total. The lowest BCUT2D eigenvalue weighted by Crippen LogP contribution is -2.44. The summed E-state index contributed by atoms with van der Waals surface area (Å²) in [7, 11) is -4.01. The number of hydrogen-bond acceptors (Lipinski definition) is 5. The second kappa shape index (κ2) is 7.29. The van der Waals surface area contributed by atoms with Crippen LogP contribution in [0.3, 0.4) is 0 Å². The largest absolute Gasteiger partial charge is 0.480 e. The van der Waals surface area contributed by atoms with Crippen molar-refractivity contribution >= 4 is 49.3 Å². The van der Waals surface area contributed by atoms with E-state index in [2.05, 4.69) is 4.72 Å². The predicted octanol–water partition coefficient (Wildman–Crippen LogP) is 4.70. The van der Waals surface area contributed by atoms with E-state index in [0.29, 0.717) is 11.2 Å². The summed E-state index contributed by atoms with van der Waals surface area (Å²) in [6.07, 6.45) is 0. The molecule has 29 heavy (non-hydrogen) atoms. The highest BCUT2D eigenvalue weighted by molar-refractivity contribution is 7.89. The Labute approximate surface area is 171 Å². The molecule has 2 aromatic heterocycles. The number of rotatable bonds is 6. The van der Waals surface area contributed by atoms with E-state index in [1.165, 1.54) is 12.1 Å². The molecule has 0 fully saturated rings. The molecule has 0 saturated heterocycles. The second-order valence-electron chi connectivity index (χ2n) is 7.13. The zero-order valence-corrected chi connectivity index (χ0v) is 17.4. The van der Waals surface area contributed by atoms with Crippen LogP contribution in [-0.4, -0.2) is 25.5 Å². The van der Waals surface area contributed by atoms with Gasteiger partial charge < -0.3 is 9.52 Å². The monoisotopic (exact) mass is 429 g/mol. The minimum Gasteiger partial charge on any atom is -0.480 e. The minimum absolute atomic E-state index is 0.0329. The highest BCUT2D eigenvalue weighted by Crippen LogP contribution is 2.34. The Morgan fingerprint density at radius 2 is 1.76 bits per heavy atom. The van der Waals surface area contributed by atoms with Crippen molar-refractivity contribution < 1.29 is 22.7 Å². The number of carbonyl (C=O) groups is 1. The highest BCUT2D eigenvalue weighted by atomic mass is 32.2. The van der Waals surface area contributed by atoms with Gasteiger partial charge >= 0.3 is 5.97 Å². The lowest BCUT2D eigenvalue weighted by Gasteiger charge is -2.17. The molecule has 0 unspecified atom stereocenters. The van der Waals surface area contributed by atoms with Gasteiger partial charge in [0.2, 0.25) is 10.0 Å². The van der Waals surface area contributed by atoms with Gasteiger partial charge in [-0.1, -0.05) is 26.0 Å². The minimum atomic E-state index is -4.01. The first-order chi connectivity index (χ1) is 13.8. The molecule has 2 aromatic carbocycles. The smallest absolute Gasteiger partial charge is 0.322 e. The van der Waals surface area contributed by atoms with Crippen molar-refractivity contribution in [3.8, 4) is 10.4 Å². The van der Waals surface area contributed by atoms with E-state index in [0.717, 1.165) is 21.2 Å². The van der Waals surface area contributed by atoms with Crippen LogP contribution in [0.15, 0.2) is 63.2 Å². The number of benzene rings is 2. The number of sulfonamides is 1. The fraction of sp³-hybridized carbons (Fsp3) is 0.190. The van der Waals surface area contributed by atoms with E-state index in [1.807, 2.05) is 35.7 Å². The maximum absolute atomic E-state index is 12.7. The molecular formula is C21H19NO5S2. The summed E-state index contributed by atoms with van der Waals surface area (Å²) >= 11 is 1.63. The van der Waals surface area contributed by atoms with Crippen molar-refractivity contribution in [1.82, 2.24) is 4.72 Å². The van der Waals surface area contributed by atoms with Crippen LogP contribution in [0, 0.1) is 5.92 Å². The number of carboxylic acids is 1. The van der Waals surface area contributed by atoms with E-state index < -0.39 is 28.0 Å². The van der Waals surface area contributed by atoms with E-state index in [-0.39, 0.29) is 4.90 Å². The molecule has 150 valence electrons. The first kappa shape index (κ1) is 19.6. The third-order valence-electron chi connectivity index (χ3n) is 4.78. The fourth-order valence-corrected chi connectivity index (χ4v) is 5.30. The molecule has 0 aliphatic heterocycles. The van der Waals surface area contributed by atoms with E-state index in [4.69, 9.17) is 4.42 Å². The number of carboxylic acid groups (broad SMARTS) is 1. The van der Waals surface area contributed by atoms with Gasteiger partial charge in [-0.15, -0.1) is 11.3 Å². The van der Waals surface area contributed by atoms with Crippen molar-refractivity contribution in [3.63, 3.8) is 0 Å². The van der Waals surface area contributed by atoms with Gasteiger partial charge in [-0.2, -0.15) is 4.72 Å². The summed E-state index contributed by atoms with van der Waals surface area (Å²) < 4.78 is 33.6. The molecule has 2 heterocycles. The van der Waals surface area contributed by atoms with Gasteiger partial charge in [0, 0.05) is 21.7 Å². The lowest BCUT2D eigenvalue weighted by atomic mass is 10.1. The Hall–Kier alpha value is -2.68. The van der Waals surface area contributed by atoms with E-state index in [9.17, 15) is 18.3 Å². The van der Waals surface area contributed by atoms with Crippen LogP contribution in [0.2, 0.25) is 0 Å². The van der Waals surface area contributed by atoms with E-state index in [1.54, 1.807) is 31.3 Å². The van der Waals surface area contributed by atoms with Gasteiger partial charge in [-0.05, 0) is 47.2 Å². The summed E-state index contributed by atoms with van der Waals surface area (Å²) in [5.41, 5.74) is 2.13. The molecule has 1 atom stereocenters. The van der Waals surface area contributed by atoms with Gasteiger partial charge in [-0.3, -0.25) is 4.79 Å². The van der Waals surface area contributed by atoms with Crippen LogP contribution in [-0.2, 0) is 14.8 Å². The zero-order chi connectivity index (χ0) is 20.8. The number of nitrogens with one attached hydrogen (secondary N) is 1. The van der Waals surface area contributed by atoms with Crippen LogP contribution in [0.25, 0.3) is 32.4 Å². The number of furan rings is 1. The summed E-state index contributed by atoms with van der Waals surface area (Å²) in [6.45, 7) is 3.30. The van der Waals surface area contributed by atoms with Crippen molar-refractivity contribution in [2.75, 3.05) is 0 Å².